The first-order valence-corrected chi connectivity index (χ1v) is 6.14. The van der Waals surface area contributed by atoms with Crippen LogP contribution >= 0.6 is 0 Å². The molecule has 1 rings (SSSR count). The molecule has 97 valence electrons. The SMILES string of the molecule is CCCCNC(=O)C[CH]c1ccccc1C(N)=O. The van der Waals surface area contributed by atoms with Gasteiger partial charge < -0.3 is 11.1 Å². The summed E-state index contributed by atoms with van der Waals surface area (Å²) in [5.74, 6) is -0.518. The highest BCUT2D eigenvalue weighted by Crippen LogP contribution is 2.12. The van der Waals surface area contributed by atoms with E-state index in [-0.39, 0.29) is 12.3 Å². The van der Waals surface area contributed by atoms with Crippen LogP contribution in [0.15, 0.2) is 24.3 Å². The van der Waals surface area contributed by atoms with E-state index in [9.17, 15) is 9.59 Å². The van der Waals surface area contributed by atoms with Crippen molar-refractivity contribution in [2.75, 3.05) is 6.54 Å². The predicted octanol–water partition coefficient (Wildman–Crippen LogP) is 1.64. The molecule has 4 nitrogen and oxygen atoms in total. The molecule has 2 amide bonds. The van der Waals surface area contributed by atoms with Gasteiger partial charge in [0.25, 0.3) is 0 Å². The van der Waals surface area contributed by atoms with Crippen molar-refractivity contribution in [3.8, 4) is 0 Å². The monoisotopic (exact) mass is 247 g/mol. The summed E-state index contributed by atoms with van der Waals surface area (Å²) in [5, 5.41) is 2.82. The highest BCUT2D eigenvalue weighted by atomic mass is 16.1. The Balaban J connectivity index is 2.48. The fourth-order valence-corrected chi connectivity index (χ4v) is 1.58. The largest absolute Gasteiger partial charge is 0.366 e. The van der Waals surface area contributed by atoms with Gasteiger partial charge in [0.05, 0.1) is 0 Å². The standard InChI is InChI=1S/C14H19N2O2/c1-2-3-10-16-13(17)9-8-11-6-4-5-7-12(11)14(15)18/h4-8H,2-3,9-10H2,1H3,(H2,15,18)(H,16,17). The lowest BCUT2D eigenvalue weighted by atomic mass is 10.0. The fourth-order valence-electron chi connectivity index (χ4n) is 1.58. The quantitative estimate of drug-likeness (QED) is 0.719. The van der Waals surface area contributed by atoms with Gasteiger partial charge in [-0.3, -0.25) is 9.59 Å². The average molecular weight is 247 g/mol. The van der Waals surface area contributed by atoms with Gasteiger partial charge in [-0.1, -0.05) is 31.5 Å². The average Bonchev–Trinajstić information content (AvgIpc) is 2.37. The van der Waals surface area contributed by atoms with E-state index >= 15 is 0 Å². The second kappa shape index (κ2) is 7.48. The second-order valence-electron chi connectivity index (χ2n) is 4.06. The molecule has 0 aliphatic rings. The first-order valence-electron chi connectivity index (χ1n) is 6.14. The van der Waals surface area contributed by atoms with Crippen LogP contribution in [0.3, 0.4) is 0 Å². The van der Waals surface area contributed by atoms with Crippen molar-refractivity contribution in [1.82, 2.24) is 5.32 Å². The Bertz CT molecular complexity index is 416. The topological polar surface area (TPSA) is 72.2 Å². The van der Waals surface area contributed by atoms with E-state index in [1.54, 1.807) is 24.6 Å². The molecule has 0 aliphatic carbocycles. The Morgan fingerprint density at radius 1 is 1.33 bits per heavy atom. The van der Waals surface area contributed by atoms with Crippen LogP contribution in [0.5, 0.6) is 0 Å². The normalized spacial score (nSPS) is 10.1. The molecule has 18 heavy (non-hydrogen) atoms. The first kappa shape index (κ1) is 14.2. The number of amides is 2. The summed E-state index contributed by atoms with van der Waals surface area (Å²) in [6.07, 6.45) is 4.01. The number of primary amides is 1. The number of unbranched alkanes of at least 4 members (excludes halogenated alkanes) is 1. The maximum Gasteiger partial charge on any atom is 0.248 e. The molecule has 0 saturated carbocycles. The molecule has 0 saturated heterocycles. The van der Waals surface area contributed by atoms with E-state index in [4.69, 9.17) is 5.73 Å². The third-order valence-corrected chi connectivity index (χ3v) is 2.59. The minimum absolute atomic E-state index is 0.0391. The molecule has 0 atom stereocenters. The molecule has 1 radical (unpaired) electrons. The van der Waals surface area contributed by atoms with Crippen molar-refractivity contribution in [3.05, 3.63) is 41.8 Å². The lowest BCUT2D eigenvalue weighted by molar-refractivity contribution is -0.120. The molecule has 1 aromatic rings. The van der Waals surface area contributed by atoms with E-state index in [2.05, 4.69) is 12.2 Å². The number of hydrogen-bond donors (Lipinski definition) is 2. The fraction of sp³-hybridized carbons (Fsp3) is 0.357. The third kappa shape index (κ3) is 4.57. The van der Waals surface area contributed by atoms with Crippen LogP contribution in [0.1, 0.15) is 42.1 Å². The lowest BCUT2D eigenvalue weighted by Gasteiger charge is -2.06. The Labute approximate surface area is 108 Å². The van der Waals surface area contributed by atoms with Crippen molar-refractivity contribution >= 4 is 11.8 Å². The number of benzene rings is 1. The van der Waals surface area contributed by atoms with Crippen molar-refractivity contribution < 1.29 is 9.59 Å². The molecule has 1 aromatic carbocycles. The number of nitrogens with two attached hydrogens (primary N) is 1. The van der Waals surface area contributed by atoms with Crippen molar-refractivity contribution in [1.29, 1.82) is 0 Å². The van der Waals surface area contributed by atoms with Gasteiger partial charge in [-0.2, -0.15) is 0 Å². The molecule has 0 aliphatic heterocycles. The highest BCUT2D eigenvalue weighted by molar-refractivity contribution is 5.95. The number of rotatable bonds is 7. The molecule has 0 bridgehead atoms. The van der Waals surface area contributed by atoms with Crippen LogP contribution < -0.4 is 11.1 Å². The smallest absolute Gasteiger partial charge is 0.248 e. The minimum Gasteiger partial charge on any atom is -0.366 e. The Morgan fingerprint density at radius 3 is 2.72 bits per heavy atom. The number of carbonyl (C=O) groups excluding carboxylic acids is 2. The van der Waals surface area contributed by atoms with Gasteiger partial charge in [0, 0.05) is 24.9 Å². The summed E-state index contributed by atoms with van der Waals surface area (Å²) in [7, 11) is 0. The molecule has 0 unspecified atom stereocenters. The molecular formula is C14H19N2O2. The van der Waals surface area contributed by atoms with Gasteiger partial charge in [0.1, 0.15) is 0 Å². The van der Waals surface area contributed by atoms with Gasteiger partial charge in [-0.05, 0) is 18.1 Å². The Morgan fingerprint density at radius 2 is 2.06 bits per heavy atom. The molecule has 0 heterocycles. The second-order valence-corrected chi connectivity index (χ2v) is 4.06. The summed E-state index contributed by atoms with van der Waals surface area (Å²) in [5.41, 5.74) is 6.41. The third-order valence-electron chi connectivity index (χ3n) is 2.59. The van der Waals surface area contributed by atoms with Crippen LogP contribution in [-0.2, 0) is 4.79 Å². The number of nitrogens with one attached hydrogen (secondary N) is 1. The van der Waals surface area contributed by atoms with Gasteiger partial charge >= 0.3 is 0 Å². The van der Waals surface area contributed by atoms with Crippen LogP contribution in [0.25, 0.3) is 0 Å². The number of carbonyl (C=O) groups is 2. The summed E-state index contributed by atoms with van der Waals surface area (Å²) in [4.78, 5) is 22.7. The van der Waals surface area contributed by atoms with Gasteiger partial charge in [-0.25, -0.2) is 0 Å². The zero-order valence-corrected chi connectivity index (χ0v) is 10.6. The molecule has 3 N–H and O–H groups in total. The van der Waals surface area contributed by atoms with E-state index in [0.29, 0.717) is 17.7 Å². The first-order chi connectivity index (χ1) is 8.65. The summed E-state index contributed by atoms with van der Waals surface area (Å²) >= 11 is 0. The van der Waals surface area contributed by atoms with Crippen molar-refractivity contribution in [2.45, 2.75) is 26.2 Å². The molecule has 4 heteroatoms. The van der Waals surface area contributed by atoms with Crippen LogP contribution in [0.2, 0.25) is 0 Å². The molecular weight excluding hydrogens is 228 g/mol. The van der Waals surface area contributed by atoms with Crippen LogP contribution in [0.4, 0.5) is 0 Å². The highest BCUT2D eigenvalue weighted by Gasteiger charge is 2.09. The number of hydrogen-bond acceptors (Lipinski definition) is 2. The van der Waals surface area contributed by atoms with Crippen LogP contribution in [0, 0.1) is 6.42 Å². The van der Waals surface area contributed by atoms with Gasteiger partial charge in [0.15, 0.2) is 0 Å². The summed E-state index contributed by atoms with van der Waals surface area (Å²) in [6, 6.07) is 6.99. The Kier molecular flexibility index (Phi) is 5.91. The maximum absolute atomic E-state index is 11.5. The molecule has 0 spiro atoms. The van der Waals surface area contributed by atoms with Crippen molar-refractivity contribution in [2.24, 2.45) is 5.73 Å². The van der Waals surface area contributed by atoms with E-state index in [0.717, 1.165) is 12.8 Å². The van der Waals surface area contributed by atoms with E-state index < -0.39 is 5.91 Å². The zero-order chi connectivity index (χ0) is 13.4. The molecule has 0 fully saturated rings. The summed E-state index contributed by atoms with van der Waals surface area (Å²) < 4.78 is 0. The van der Waals surface area contributed by atoms with Crippen molar-refractivity contribution in [3.63, 3.8) is 0 Å². The Hall–Kier alpha value is -1.84. The van der Waals surface area contributed by atoms with Crippen LogP contribution in [-0.4, -0.2) is 18.4 Å². The maximum atomic E-state index is 11.5. The summed E-state index contributed by atoms with van der Waals surface area (Å²) in [6.45, 7) is 2.77. The van der Waals surface area contributed by atoms with Gasteiger partial charge in [0.2, 0.25) is 11.8 Å². The van der Waals surface area contributed by atoms with E-state index in [1.807, 2.05) is 6.07 Å². The lowest BCUT2D eigenvalue weighted by Crippen LogP contribution is -2.24. The van der Waals surface area contributed by atoms with E-state index in [1.165, 1.54) is 0 Å². The van der Waals surface area contributed by atoms with Gasteiger partial charge in [-0.15, -0.1) is 0 Å². The minimum atomic E-state index is -0.478. The predicted molar refractivity (Wildman–Crippen MR) is 70.9 cm³/mol. The molecule has 0 aromatic heterocycles. The zero-order valence-electron chi connectivity index (χ0n) is 10.6.